The van der Waals surface area contributed by atoms with Gasteiger partial charge in [-0.2, -0.15) is 10.1 Å². The molecule has 1 N–H and O–H groups in total. The van der Waals surface area contributed by atoms with Crippen molar-refractivity contribution >= 4 is 23.2 Å². The number of aliphatic hydroxyl groups is 1. The molecule has 7 heteroatoms. The van der Waals surface area contributed by atoms with Gasteiger partial charge in [0.05, 0.1) is 30.7 Å². The summed E-state index contributed by atoms with van der Waals surface area (Å²) in [6, 6.07) is 6.92. The Kier molecular flexibility index (Phi) is 5.86. The third kappa shape index (κ3) is 3.69. The number of carbonyl (C=O) groups excluding carboxylic acids is 2. The van der Waals surface area contributed by atoms with Crippen LogP contribution in [0, 0.1) is 5.92 Å². The summed E-state index contributed by atoms with van der Waals surface area (Å²) in [6.45, 7) is 9.27. The second-order valence-corrected chi connectivity index (χ2v) is 7.92. The Morgan fingerprint density at radius 2 is 2.18 bits per heavy atom. The lowest BCUT2D eigenvalue weighted by Gasteiger charge is -2.36. The molecule has 2 aliphatic rings. The van der Waals surface area contributed by atoms with Gasteiger partial charge in [-0.05, 0) is 43.9 Å². The fourth-order valence-electron chi connectivity index (χ4n) is 3.79. The number of amides is 2. The maximum atomic E-state index is 13.2. The SMILES string of the molecule is CCC1(O)C(=O)N(c2cccc(C(=O)N3CCOCC3CC(C)C)c2)N=C1C. The van der Waals surface area contributed by atoms with Crippen LogP contribution in [0.2, 0.25) is 0 Å². The lowest BCUT2D eigenvalue weighted by Crippen LogP contribution is -2.49. The number of carbonyl (C=O) groups is 2. The summed E-state index contributed by atoms with van der Waals surface area (Å²) >= 11 is 0. The fourth-order valence-corrected chi connectivity index (χ4v) is 3.79. The third-order valence-electron chi connectivity index (χ3n) is 5.48. The van der Waals surface area contributed by atoms with E-state index in [1.807, 2.05) is 4.90 Å². The minimum Gasteiger partial charge on any atom is -0.377 e. The highest BCUT2D eigenvalue weighted by molar-refractivity contribution is 6.21. The van der Waals surface area contributed by atoms with Gasteiger partial charge in [-0.1, -0.05) is 26.8 Å². The lowest BCUT2D eigenvalue weighted by molar-refractivity contribution is -0.129. The van der Waals surface area contributed by atoms with Crippen molar-refractivity contribution in [1.82, 2.24) is 4.90 Å². The molecule has 3 rings (SSSR count). The van der Waals surface area contributed by atoms with Crippen molar-refractivity contribution in [2.75, 3.05) is 24.8 Å². The first kappa shape index (κ1) is 20.5. The predicted molar refractivity (Wildman–Crippen MR) is 107 cm³/mol. The molecule has 2 aliphatic heterocycles. The van der Waals surface area contributed by atoms with Crippen LogP contribution < -0.4 is 5.01 Å². The average Bonchev–Trinajstić information content (AvgIpc) is 2.92. The van der Waals surface area contributed by atoms with E-state index in [1.165, 1.54) is 5.01 Å². The zero-order valence-corrected chi connectivity index (χ0v) is 17.0. The van der Waals surface area contributed by atoms with Crippen LogP contribution in [0.25, 0.3) is 0 Å². The molecule has 1 fully saturated rings. The highest BCUT2D eigenvalue weighted by Crippen LogP contribution is 2.30. The number of benzene rings is 1. The molecular weight excluding hydrogens is 358 g/mol. The summed E-state index contributed by atoms with van der Waals surface area (Å²) in [7, 11) is 0. The number of nitrogens with zero attached hydrogens (tertiary/aromatic N) is 3. The van der Waals surface area contributed by atoms with Gasteiger partial charge in [-0.15, -0.1) is 0 Å². The maximum absolute atomic E-state index is 13.2. The second-order valence-electron chi connectivity index (χ2n) is 7.92. The van der Waals surface area contributed by atoms with Gasteiger partial charge in [0.1, 0.15) is 0 Å². The number of ether oxygens (including phenoxy) is 1. The summed E-state index contributed by atoms with van der Waals surface area (Å²) in [5.74, 6) is -0.102. The molecule has 2 unspecified atom stereocenters. The van der Waals surface area contributed by atoms with Gasteiger partial charge >= 0.3 is 0 Å². The van der Waals surface area contributed by atoms with Gasteiger partial charge in [-0.25, -0.2) is 0 Å². The van der Waals surface area contributed by atoms with E-state index >= 15 is 0 Å². The Labute approximate surface area is 166 Å². The summed E-state index contributed by atoms with van der Waals surface area (Å²) in [5, 5.41) is 16.0. The zero-order chi connectivity index (χ0) is 20.5. The third-order valence-corrected chi connectivity index (χ3v) is 5.48. The van der Waals surface area contributed by atoms with E-state index in [0.29, 0.717) is 42.6 Å². The lowest BCUT2D eigenvalue weighted by atomic mass is 9.95. The second kappa shape index (κ2) is 8.01. The van der Waals surface area contributed by atoms with E-state index in [0.717, 1.165) is 6.42 Å². The van der Waals surface area contributed by atoms with Crippen molar-refractivity contribution in [2.45, 2.75) is 52.2 Å². The topological polar surface area (TPSA) is 82.4 Å². The van der Waals surface area contributed by atoms with Crippen LogP contribution in [0.4, 0.5) is 5.69 Å². The van der Waals surface area contributed by atoms with Gasteiger partial charge in [0.25, 0.3) is 11.8 Å². The van der Waals surface area contributed by atoms with Gasteiger partial charge < -0.3 is 14.7 Å². The molecule has 2 amide bonds. The van der Waals surface area contributed by atoms with E-state index in [1.54, 1.807) is 38.1 Å². The molecule has 0 spiro atoms. The van der Waals surface area contributed by atoms with Crippen molar-refractivity contribution in [3.05, 3.63) is 29.8 Å². The normalized spacial score (nSPS) is 25.4. The quantitative estimate of drug-likeness (QED) is 0.841. The molecule has 7 nitrogen and oxygen atoms in total. The fraction of sp³-hybridized carbons (Fsp3) is 0.571. The van der Waals surface area contributed by atoms with Gasteiger partial charge in [0, 0.05) is 12.1 Å². The molecule has 2 heterocycles. The average molecular weight is 387 g/mol. The molecule has 0 radical (unpaired) electrons. The molecule has 152 valence electrons. The van der Waals surface area contributed by atoms with E-state index in [9.17, 15) is 14.7 Å². The minimum absolute atomic E-state index is 0.0452. The molecule has 0 aliphatic carbocycles. The number of morpholine rings is 1. The highest BCUT2D eigenvalue weighted by Gasteiger charge is 2.46. The number of hydrogen-bond donors (Lipinski definition) is 1. The van der Waals surface area contributed by atoms with Gasteiger partial charge in [0.2, 0.25) is 0 Å². The van der Waals surface area contributed by atoms with Gasteiger partial charge in [-0.3, -0.25) is 9.59 Å². The first-order valence-corrected chi connectivity index (χ1v) is 9.89. The molecule has 1 aromatic carbocycles. The number of hydrazone groups is 1. The molecule has 28 heavy (non-hydrogen) atoms. The zero-order valence-electron chi connectivity index (χ0n) is 17.0. The van der Waals surface area contributed by atoms with Crippen LogP contribution in [-0.2, 0) is 9.53 Å². The summed E-state index contributed by atoms with van der Waals surface area (Å²) in [5.41, 5.74) is -0.233. The first-order chi connectivity index (χ1) is 13.3. The minimum atomic E-state index is -1.58. The molecule has 0 saturated carbocycles. The van der Waals surface area contributed by atoms with Crippen LogP contribution in [0.5, 0.6) is 0 Å². The number of anilines is 1. The van der Waals surface area contributed by atoms with Gasteiger partial charge in [0.15, 0.2) is 5.60 Å². The molecule has 1 saturated heterocycles. The number of hydrogen-bond acceptors (Lipinski definition) is 5. The van der Waals surface area contributed by atoms with Crippen molar-refractivity contribution in [3.63, 3.8) is 0 Å². The van der Waals surface area contributed by atoms with E-state index in [2.05, 4.69) is 18.9 Å². The molecule has 0 aromatic heterocycles. The van der Waals surface area contributed by atoms with Crippen molar-refractivity contribution < 1.29 is 19.4 Å². The molecular formula is C21H29N3O4. The Hall–Kier alpha value is -2.25. The number of rotatable bonds is 5. The summed E-state index contributed by atoms with van der Waals surface area (Å²) < 4.78 is 5.57. The Balaban J connectivity index is 1.85. The summed E-state index contributed by atoms with van der Waals surface area (Å²) in [4.78, 5) is 27.7. The summed E-state index contributed by atoms with van der Waals surface area (Å²) in [6.07, 6.45) is 1.13. The maximum Gasteiger partial charge on any atom is 0.285 e. The smallest absolute Gasteiger partial charge is 0.285 e. The molecule has 0 bridgehead atoms. The first-order valence-electron chi connectivity index (χ1n) is 9.89. The molecule has 2 atom stereocenters. The monoisotopic (exact) mass is 387 g/mol. The highest BCUT2D eigenvalue weighted by atomic mass is 16.5. The Morgan fingerprint density at radius 3 is 2.82 bits per heavy atom. The van der Waals surface area contributed by atoms with Crippen LogP contribution in [-0.4, -0.2) is 58.9 Å². The van der Waals surface area contributed by atoms with E-state index < -0.39 is 11.5 Å². The predicted octanol–water partition coefficient (Wildman–Crippen LogP) is 2.44. The van der Waals surface area contributed by atoms with E-state index in [4.69, 9.17) is 4.74 Å². The largest absolute Gasteiger partial charge is 0.377 e. The van der Waals surface area contributed by atoms with Crippen molar-refractivity contribution in [2.24, 2.45) is 11.0 Å². The van der Waals surface area contributed by atoms with Crippen molar-refractivity contribution in [1.29, 1.82) is 0 Å². The Bertz CT molecular complexity index is 792. The van der Waals surface area contributed by atoms with Crippen LogP contribution in [0.1, 0.15) is 50.9 Å². The Morgan fingerprint density at radius 1 is 1.43 bits per heavy atom. The van der Waals surface area contributed by atoms with Crippen LogP contribution in [0.15, 0.2) is 29.4 Å². The van der Waals surface area contributed by atoms with Crippen LogP contribution >= 0.6 is 0 Å². The molecule has 1 aromatic rings. The van der Waals surface area contributed by atoms with Crippen molar-refractivity contribution in [3.8, 4) is 0 Å². The standard InChI is InChI=1S/C21H29N3O4/c1-5-21(27)15(4)22-24(20(21)26)17-8-6-7-16(12-17)19(25)23-9-10-28-13-18(23)11-14(2)3/h6-8,12,14,18,27H,5,9-11,13H2,1-4H3. The van der Waals surface area contributed by atoms with E-state index in [-0.39, 0.29) is 18.4 Å². The van der Waals surface area contributed by atoms with Crippen LogP contribution in [0.3, 0.4) is 0 Å².